The molecule has 2 unspecified atom stereocenters. The van der Waals surface area contributed by atoms with E-state index in [-0.39, 0.29) is 4.83 Å². The van der Waals surface area contributed by atoms with Crippen LogP contribution in [0.4, 0.5) is 0 Å². The van der Waals surface area contributed by atoms with E-state index in [1.807, 2.05) is 6.07 Å². The predicted molar refractivity (Wildman–Crippen MR) is 87.1 cm³/mol. The third-order valence-corrected chi connectivity index (χ3v) is 5.32. The lowest BCUT2D eigenvalue weighted by molar-refractivity contribution is 0.102. The second kappa shape index (κ2) is 7.66. The standard InChI is InChI=1S/C15H20Br2O3/c1-18-13-8-6-11(15(19-2)14(13)17)12(16)7-5-10-4-3-9-20-10/h6,8,10,12H,3-5,7,9H2,1-2H3. The fourth-order valence-corrected chi connectivity index (χ4v) is 3.83. The van der Waals surface area contributed by atoms with Crippen LogP contribution in [0.3, 0.4) is 0 Å². The van der Waals surface area contributed by atoms with E-state index in [2.05, 4.69) is 37.9 Å². The molecule has 0 saturated carbocycles. The summed E-state index contributed by atoms with van der Waals surface area (Å²) in [4.78, 5) is 0.254. The summed E-state index contributed by atoms with van der Waals surface area (Å²) in [5.41, 5.74) is 1.14. The summed E-state index contributed by atoms with van der Waals surface area (Å²) in [6.45, 7) is 0.912. The van der Waals surface area contributed by atoms with E-state index in [9.17, 15) is 0 Å². The molecule has 1 aromatic carbocycles. The third-order valence-electron chi connectivity index (χ3n) is 3.62. The van der Waals surface area contributed by atoms with E-state index >= 15 is 0 Å². The summed E-state index contributed by atoms with van der Waals surface area (Å²) in [7, 11) is 3.34. The van der Waals surface area contributed by atoms with Crippen LogP contribution in [0.2, 0.25) is 0 Å². The predicted octanol–water partition coefficient (Wildman–Crippen LogP) is 4.86. The first kappa shape index (κ1) is 16.1. The van der Waals surface area contributed by atoms with Crippen molar-refractivity contribution >= 4 is 31.9 Å². The summed E-state index contributed by atoms with van der Waals surface area (Å²) in [6, 6.07) is 4.01. The topological polar surface area (TPSA) is 27.7 Å². The van der Waals surface area contributed by atoms with Gasteiger partial charge in [-0.15, -0.1) is 0 Å². The molecular weight excluding hydrogens is 388 g/mol. The second-order valence-electron chi connectivity index (χ2n) is 4.88. The highest BCUT2D eigenvalue weighted by Crippen LogP contribution is 2.43. The summed E-state index contributed by atoms with van der Waals surface area (Å²) >= 11 is 7.31. The molecule has 0 radical (unpaired) electrons. The Labute approximate surface area is 137 Å². The van der Waals surface area contributed by atoms with Gasteiger partial charge in [-0.1, -0.05) is 22.0 Å². The largest absolute Gasteiger partial charge is 0.495 e. The molecule has 1 aliphatic rings. The lowest BCUT2D eigenvalue weighted by Crippen LogP contribution is -2.06. The summed E-state index contributed by atoms with van der Waals surface area (Å²) in [5.74, 6) is 1.61. The van der Waals surface area contributed by atoms with Crippen LogP contribution >= 0.6 is 31.9 Å². The van der Waals surface area contributed by atoms with Crippen molar-refractivity contribution in [1.82, 2.24) is 0 Å². The summed E-state index contributed by atoms with van der Waals surface area (Å²) in [5, 5.41) is 0. The van der Waals surface area contributed by atoms with Gasteiger partial charge in [0, 0.05) is 17.0 Å². The van der Waals surface area contributed by atoms with Crippen molar-refractivity contribution in [3.63, 3.8) is 0 Å². The first-order valence-electron chi connectivity index (χ1n) is 6.83. The van der Waals surface area contributed by atoms with E-state index in [4.69, 9.17) is 14.2 Å². The Kier molecular flexibility index (Phi) is 6.18. The molecule has 3 nitrogen and oxygen atoms in total. The average Bonchev–Trinajstić information content (AvgIpc) is 2.97. The van der Waals surface area contributed by atoms with Crippen molar-refractivity contribution in [3.8, 4) is 11.5 Å². The van der Waals surface area contributed by atoms with Gasteiger partial charge in [0.25, 0.3) is 0 Å². The molecule has 1 aliphatic heterocycles. The molecule has 112 valence electrons. The van der Waals surface area contributed by atoms with Crippen LogP contribution < -0.4 is 9.47 Å². The number of benzene rings is 1. The highest BCUT2D eigenvalue weighted by molar-refractivity contribution is 9.10. The van der Waals surface area contributed by atoms with Crippen LogP contribution in [0.25, 0.3) is 0 Å². The fourth-order valence-electron chi connectivity index (χ4n) is 2.52. The molecule has 0 bridgehead atoms. The van der Waals surface area contributed by atoms with Gasteiger partial charge in [-0.25, -0.2) is 0 Å². The molecule has 1 fully saturated rings. The zero-order chi connectivity index (χ0) is 14.5. The van der Waals surface area contributed by atoms with Crippen LogP contribution in [0.15, 0.2) is 16.6 Å². The van der Waals surface area contributed by atoms with E-state index in [0.29, 0.717) is 6.10 Å². The minimum atomic E-state index is 0.254. The first-order chi connectivity index (χ1) is 9.67. The average molecular weight is 408 g/mol. The molecule has 5 heteroatoms. The van der Waals surface area contributed by atoms with Gasteiger partial charge in [0.15, 0.2) is 0 Å². The van der Waals surface area contributed by atoms with E-state index in [1.54, 1.807) is 14.2 Å². The molecule has 1 saturated heterocycles. The SMILES string of the molecule is COc1ccc(C(Br)CCC2CCCO2)c(OC)c1Br. The fraction of sp³-hybridized carbons (Fsp3) is 0.600. The van der Waals surface area contributed by atoms with E-state index in [1.165, 1.54) is 12.8 Å². The van der Waals surface area contributed by atoms with Crippen molar-refractivity contribution in [1.29, 1.82) is 0 Å². The Morgan fingerprint density at radius 3 is 2.75 bits per heavy atom. The third kappa shape index (κ3) is 3.68. The highest BCUT2D eigenvalue weighted by Gasteiger charge is 2.21. The Hall–Kier alpha value is -0.260. The molecule has 0 aliphatic carbocycles. The molecular formula is C15H20Br2O3. The van der Waals surface area contributed by atoms with Gasteiger partial charge in [0.2, 0.25) is 0 Å². The van der Waals surface area contributed by atoms with Crippen molar-refractivity contribution in [2.45, 2.75) is 36.6 Å². The summed E-state index contributed by atoms with van der Waals surface area (Å²) < 4.78 is 17.4. The van der Waals surface area contributed by atoms with Crippen LogP contribution in [0, 0.1) is 0 Å². The minimum Gasteiger partial charge on any atom is -0.495 e. The molecule has 0 spiro atoms. The Morgan fingerprint density at radius 2 is 2.15 bits per heavy atom. The minimum absolute atomic E-state index is 0.254. The van der Waals surface area contributed by atoms with Gasteiger partial charge in [0.05, 0.1) is 20.3 Å². The van der Waals surface area contributed by atoms with Crippen molar-refractivity contribution in [2.75, 3.05) is 20.8 Å². The van der Waals surface area contributed by atoms with Crippen LogP contribution in [0.1, 0.15) is 36.1 Å². The number of methoxy groups -OCH3 is 2. The molecule has 0 N–H and O–H groups in total. The highest BCUT2D eigenvalue weighted by atomic mass is 79.9. The number of rotatable bonds is 6. The molecule has 0 amide bonds. The number of ether oxygens (including phenoxy) is 3. The lowest BCUT2D eigenvalue weighted by Gasteiger charge is -2.18. The van der Waals surface area contributed by atoms with Crippen LogP contribution in [-0.4, -0.2) is 26.9 Å². The normalized spacial score (nSPS) is 19.9. The molecule has 0 aromatic heterocycles. The Bertz CT molecular complexity index is 445. The Balaban J connectivity index is 2.08. The smallest absolute Gasteiger partial charge is 0.141 e. The van der Waals surface area contributed by atoms with Gasteiger partial charge in [-0.2, -0.15) is 0 Å². The van der Waals surface area contributed by atoms with Gasteiger partial charge in [-0.3, -0.25) is 0 Å². The van der Waals surface area contributed by atoms with Crippen LogP contribution in [-0.2, 0) is 4.74 Å². The van der Waals surface area contributed by atoms with Gasteiger partial charge >= 0.3 is 0 Å². The summed E-state index contributed by atoms with van der Waals surface area (Å²) in [6.07, 6.45) is 4.89. The van der Waals surface area contributed by atoms with Gasteiger partial charge < -0.3 is 14.2 Å². The van der Waals surface area contributed by atoms with E-state index in [0.717, 1.165) is 41.0 Å². The maximum absolute atomic E-state index is 5.67. The number of hydrogen-bond donors (Lipinski definition) is 0. The monoisotopic (exact) mass is 406 g/mol. The van der Waals surface area contributed by atoms with E-state index < -0.39 is 0 Å². The van der Waals surface area contributed by atoms with Crippen molar-refractivity contribution in [2.24, 2.45) is 0 Å². The zero-order valence-corrected chi connectivity index (χ0v) is 15.0. The zero-order valence-electron chi connectivity index (χ0n) is 11.8. The Morgan fingerprint density at radius 1 is 1.35 bits per heavy atom. The molecule has 2 rings (SSSR count). The maximum Gasteiger partial charge on any atom is 0.141 e. The van der Waals surface area contributed by atoms with Crippen molar-refractivity contribution < 1.29 is 14.2 Å². The molecule has 2 atom stereocenters. The van der Waals surface area contributed by atoms with Gasteiger partial charge in [-0.05, 0) is 47.7 Å². The molecule has 1 heterocycles. The quantitative estimate of drug-likeness (QED) is 0.630. The molecule has 1 aromatic rings. The van der Waals surface area contributed by atoms with Crippen molar-refractivity contribution in [3.05, 3.63) is 22.2 Å². The molecule has 20 heavy (non-hydrogen) atoms. The number of halogens is 2. The maximum atomic E-state index is 5.67. The second-order valence-corrected chi connectivity index (χ2v) is 6.78. The first-order valence-corrected chi connectivity index (χ1v) is 8.54. The van der Waals surface area contributed by atoms with Gasteiger partial charge in [0.1, 0.15) is 16.0 Å². The lowest BCUT2D eigenvalue weighted by atomic mass is 10.0. The number of hydrogen-bond acceptors (Lipinski definition) is 3. The number of alkyl halides is 1. The van der Waals surface area contributed by atoms with Crippen LogP contribution in [0.5, 0.6) is 11.5 Å².